The van der Waals surface area contributed by atoms with E-state index in [9.17, 15) is 4.79 Å². The molecule has 2 aromatic rings. The van der Waals surface area contributed by atoms with Crippen molar-refractivity contribution in [3.8, 4) is 11.5 Å². The Balaban J connectivity index is 1.85. The molecule has 0 saturated heterocycles. The SMILES string of the molecule is CCCOc1ccccc1OCCSc1nc(N)cc(=O)[nH]1. The fraction of sp³-hybridized carbons (Fsp3) is 0.333. The number of benzene rings is 1. The van der Waals surface area contributed by atoms with Crippen LogP contribution in [0.25, 0.3) is 0 Å². The molecule has 0 amide bonds. The van der Waals surface area contributed by atoms with Crippen LogP contribution in [0.2, 0.25) is 0 Å². The number of nitrogens with two attached hydrogens (primary N) is 1. The van der Waals surface area contributed by atoms with Gasteiger partial charge in [-0.3, -0.25) is 4.79 Å². The fourth-order valence-electron chi connectivity index (χ4n) is 1.71. The zero-order valence-corrected chi connectivity index (χ0v) is 13.2. The van der Waals surface area contributed by atoms with Crippen molar-refractivity contribution in [2.24, 2.45) is 0 Å². The van der Waals surface area contributed by atoms with Crippen molar-refractivity contribution in [2.75, 3.05) is 24.7 Å². The molecule has 6 nitrogen and oxygen atoms in total. The van der Waals surface area contributed by atoms with Crippen molar-refractivity contribution in [2.45, 2.75) is 18.5 Å². The van der Waals surface area contributed by atoms with E-state index in [0.717, 1.165) is 12.2 Å². The molecule has 0 aliphatic rings. The van der Waals surface area contributed by atoms with Crippen LogP contribution in [0.4, 0.5) is 5.82 Å². The Bertz CT molecular complexity index is 660. The van der Waals surface area contributed by atoms with E-state index >= 15 is 0 Å². The first-order chi connectivity index (χ1) is 10.7. The first kappa shape index (κ1) is 16.2. The topological polar surface area (TPSA) is 90.2 Å². The lowest BCUT2D eigenvalue weighted by atomic mass is 10.3. The highest BCUT2D eigenvalue weighted by Gasteiger charge is 2.04. The van der Waals surface area contributed by atoms with Crippen molar-refractivity contribution in [1.82, 2.24) is 9.97 Å². The number of para-hydroxylation sites is 2. The molecule has 0 unspecified atom stereocenters. The van der Waals surface area contributed by atoms with E-state index in [4.69, 9.17) is 15.2 Å². The zero-order chi connectivity index (χ0) is 15.8. The molecule has 0 fully saturated rings. The maximum absolute atomic E-state index is 11.3. The fourth-order valence-corrected chi connectivity index (χ4v) is 2.42. The molecule has 0 bridgehead atoms. The minimum atomic E-state index is -0.255. The molecular weight excluding hydrogens is 302 g/mol. The molecule has 22 heavy (non-hydrogen) atoms. The molecule has 0 radical (unpaired) electrons. The summed E-state index contributed by atoms with van der Waals surface area (Å²) in [5, 5.41) is 0.490. The molecule has 0 aliphatic heterocycles. The number of ether oxygens (including phenoxy) is 2. The lowest BCUT2D eigenvalue weighted by Crippen LogP contribution is -2.10. The summed E-state index contributed by atoms with van der Waals surface area (Å²) in [5.74, 6) is 2.30. The summed E-state index contributed by atoms with van der Waals surface area (Å²) in [7, 11) is 0. The highest BCUT2D eigenvalue weighted by molar-refractivity contribution is 7.99. The average Bonchev–Trinajstić information content (AvgIpc) is 2.49. The summed E-state index contributed by atoms with van der Waals surface area (Å²) >= 11 is 1.38. The number of aromatic nitrogens is 2. The number of thioether (sulfide) groups is 1. The second kappa shape index (κ2) is 8.33. The largest absolute Gasteiger partial charge is 0.490 e. The second-order valence-electron chi connectivity index (χ2n) is 4.47. The van der Waals surface area contributed by atoms with Crippen LogP contribution in [-0.2, 0) is 0 Å². The van der Waals surface area contributed by atoms with Crippen molar-refractivity contribution >= 4 is 17.6 Å². The quantitative estimate of drug-likeness (QED) is 0.440. The predicted octanol–water partition coefficient (Wildman–Crippen LogP) is 2.31. The molecule has 7 heteroatoms. The monoisotopic (exact) mass is 321 g/mol. The number of rotatable bonds is 8. The number of nitrogens with zero attached hydrogens (tertiary/aromatic N) is 1. The minimum absolute atomic E-state index is 0.213. The van der Waals surface area contributed by atoms with Gasteiger partial charge in [-0.2, -0.15) is 0 Å². The summed E-state index contributed by atoms with van der Waals surface area (Å²) < 4.78 is 11.3. The zero-order valence-electron chi connectivity index (χ0n) is 12.4. The van der Waals surface area contributed by atoms with Gasteiger partial charge in [0.05, 0.1) is 13.2 Å². The number of hydrogen-bond donors (Lipinski definition) is 2. The molecule has 0 saturated carbocycles. The number of anilines is 1. The van der Waals surface area contributed by atoms with E-state index in [0.29, 0.717) is 29.9 Å². The first-order valence-electron chi connectivity index (χ1n) is 7.03. The number of hydrogen-bond acceptors (Lipinski definition) is 6. The summed E-state index contributed by atoms with van der Waals surface area (Å²) in [4.78, 5) is 17.9. The van der Waals surface area contributed by atoms with Crippen LogP contribution in [0.1, 0.15) is 13.3 Å². The van der Waals surface area contributed by atoms with Crippen molar-refractivity contribution in [1.29, 1.82) is 0 Å². The Morgan fingerprint density at radius 2 is 1.91 bits per heavy atom. The van der Waals surface area contributed by atoms with Crippen LogP contribution in [-0.4, -0.2) is 28.9 Å². The molecule has 0 atom stereocenters. The Morgan fingerprint density at radius 1 is 1.23 bits per heavy atom. The summed E-state index contributed by atoms with van der Waals surface area (Å²) in [6, 6.07) is 8.82. The number of nitrogen functional groups attached to an aromatic ring is 1. The third-order valence-electron chi connectivity index (χ3n) is 2.63. The number of nitrogens with one attached hydrogen (secondary N) is 1. The van der Waals surface area contributed by atoms with E-state index in [-0.39, 0.29) is 11.4 Å². The first-order valence-corrected chi connectivity index (χ1v) is 8.02. The van der Waals surface area contributed by atoms with Crippen LogP contribution in [0.3, 0.4) is 0 Å². The summed E-state index contributed by atoms with van der Waals surface area (Å²) in [5.41, 5.74) is 5.27. The van der Waals surface area contributed by atoms with E-state index < -0.39 is 0 Å². The lowest BCUT2D eigenvalue weighted by molar-refractivity contribution is 0.278. The molecule has 0 spiro atoms. The van der Waals surface area contributed by atoms with E-state index in [1.54, 1.807) is 0 Å². The van der Waals surface area contributed by atoms with Gasteiger partial charge in [0.15, 0.2) is 16.7 Å². The second-order valence-corrected chi connectivity index (χ2v) is 5.55. The van der Waals surface area contributed by atoms with Gasteiger partial charge < -0.3 is 20.2 Å². The van der Waals surface area contributed by atoms with Gasteiger partial charge in [-0.1, -0.05) is 30.8 Å². The Labute approximate surface area is 133 Å². The van der Waals surface area contributed by atoms with Crippen molar-refractivity contribution in [3.05, 3.63) is 40.7 Å². The Kier molecular flexibility index (Phi) is 6.14. The van der Waals surface area contributed by atoms with Gasteiger partial charge in [0.1, 0.15) is 5.82 Å². The summed E-state index contributed by atoms with van der Waals surface area (Å²) in [6.45, 7) is 3.18. The van der Waals surface area contributed by atoms with Crippen LogP contribution in [0.5, 0.6) is 11.5 Å². The predicted molar refractivity (Wildman–Crippen MR) is 87.7 cm³/mol. The van der Waals surface area contributed by atoms with Crippen LogP contribution >= 0.6 is 11.8 Å². The molecule has 118 valence electrons. The van der Waals surface area contributed by atoms with E-state index in [2.05, 4.69) is 16.9 Å². The molecule has 2 rings (SSSR count). The smallest absolute Gasteiger partial charge is 0.253 e. The third-order valence-corrected chi connectivity index (χ3v) is 3.47. The minimum Gasteiger partial charge on any atom is -0.490 e. The number of aromatic amines is 1. The highest BCUT2D eigenvalue weighted by atomic mass is 32.2. The molecule has 3 N–H and O–H groups in total. The average molecular weight is 321 g/mol. The van der Waals surface area contributed by atoms with E-state index in [1.807, 2.05) is 24.3 Å². The highest BCUT2D eigenvalue weighted by Crippen LogP contribution is 2.26. The van der Waals surface area contributed by atoms with Gasteiger partial charge in [0, 0.05) is 11.8 Å². The molecular formula is C15H19N3O3S. The lowest BCUT2D eigenvalue weighted by Gasteiger charge is -2.11. The molecule has 1 aromatic carbocycles. The van der Waals surface area contributed by atoms with E-state index in [1.165, 1.54) is 17.8 Å². The summed E-state index contributed by atoms with van der Waals surface area (Å²) in [6.07, 6.45) is 0.943. The molecule has 1 heterocycles. The normalized spacial score (nSPS) is 10.4. The van der Waals surface area contributed by atoms with Gasteiger partial charge >= 0.3 is 0 Å². The van der Waals surface area contributed by atoms with Crippen molar-refractivity contribution < 1.29 is 9.47 Å². The number of H-pyrrole nitrogens is 1. The van der Waals surface area contributed by atoms with Crippen molar-refractivity contribution in [3.63, 3.8) is 0 Å². The maximum atomic E-state index is 11.3. The van der Waals surface area contributed by atoms with Gasteiger partial charge in [0.25, 0.3) is 5.56 Å². The molecule has 0 aliphatic carbocycles. The maximum Gasteiger partial charge on any atom is 0.253 e. The standard InChI is InChI=1S/C15H19N3O3S/c1-2-7-20-11-5-3-4-6-12(11)21-8-9-22-15-17-13(16)10-14(19)18-15/h3-6,10H,2,7-9H2,1H3,(H3,16,17,18,19). The Morgan fingerprint density at radius 3 is 2.55 bits per heavy atom. The van der Waals surface area contributed by atoms with Gasteiger partial charge in [0.2, 0.25) is 0 Å². The van der Waals surface area contributed by atoms with Crippen LogP contribution in [0.15, 0.2) is 40.3 Å². The Hall–Kier alpha value is -2.15. The van der Waals surface area contributed by atoms with Gasteiger partial charge in [-0.25, -0.2) is 4.98 Å². The third kappa shape index (κ3) is 5.00. The van der Waals surface area contributed by atoms with Crippen LogP contribution < -0.4 is 20.8 Å². The van der Waals surface area contributed by atoms with Gasteiger partial charge in [-0.05, 0) is 18.6 Å². The van der Waals surface area contributed by atoms with Crippen LogP contribution in [0, 0.1) is 0 Å². The van der Waals surface area contributed by atoms with Gasteiger partial charge in [-0.15, -0.1) is 0 Å². The molecule has 1 aromatic heterocycles.